The first-order chi connectivity index (χ1) is 8.78. The molecular formula is C12H11BrN4O. The van der Waals surface area contributed by atoms with Gasteiger partial charge in [-0.3, -0.25) is 0 Å². The van der Waals surface area contributed by atoms with Crippen molar-refractivity contribution in [3.8, 4) is 11.3 Å². The fraction of sp³-hybridized carbons (Fsp3) is 0.167. The molecule has 0 saturated carbocycles. The maximum absolute atomic E-state index is 8.92. The van der Waals surface area contributed by atoms with Crippen LogP contribution in [0.4, 0.5) is 0 Å². The van der Waals surface area contributed by atoms with E-state index in [-0.39, 0.29) is 6.61 Å². The van der Waals surface area contributed by atoms with Crippen molar-refractivity contribution in [1.82, 2.24) is 19.9 Å². The van der Waals surface area contributed by atoms with Crippen LogP contribution in [0.3, 0.4) is 0 Å². The zero-order valence-electron chi connectivity index (χ0n) is 9.44. The zero-order chi connectivity index (χ0) is 12.5. The van der Waals surface area contributed by atoms with Gasteiger partial charge in [-0.2, -0.15) is 0 Å². The number of aromatic nitrogens is 4. The number of aliphatic hydroxyl groups excluding tert-OH is 1. The molecule has 0 aliphatic rings. The molecule has 5 nitrogen and oxygen atoms in total. The van der Waals surface area contributed by atoms with Crippen molar-refractivity contribution in [1.29, 1.82) is 0 Å². The maximum Gasteiger partial charge on any atom is 0.110 e. The first-order valence-corrected chi connectivity index (χ1v) is 6.36. The molecule has 0 bridgehead atoms. The summed E-state index contributed by atoms with van der Waals surface area (Å²) in [5.74, 6) is 0.768. The Morgan fingerprint density at radius 2 is 2.22 bits per heavy atom. The van der Waals surface area contributed by atoms with Crippen molar-refractivity contribution >= 4 is 27.0 Å². The van der Waals surface area contributed by atoms with E-state index < -0.39 is 0 Å². The van der Waals surface area contributed by atoms with E-state index in [1.54, 1.807) is 6.33 Å². The van der Waals surface area contributed by atoms with Crippen LogP contribution in [0.5, 0.6) is 0 Å². The maximum atomic E-state index is 8.92. The van der Waals surface area contributed by atoms with E-state index >= 15 is 0 Å². The predicted octanol–water partition coefficient (Wildman–Crippen LogP) is 2.25. The van der Waals surface area contributed by atoms with Gasteiger partial charge in [0.1, 0.15) is 16.1 Å². The summed E-state index contributed by atoms with van der Waals surface area (Å²) in [7, 11) is 0. The Labute approximate surface area is 111 Å². The van der Waals surface area contributed by atoms with Gasteiger partial charge >= 0.3 is 0 Å². The summed E-state index contributed by atoms with van der Waals surface area (Å²) >= 11 is 3.45. The zero-order valence-corrected chi connectivity index (χ0v) is 11.0. The predicted molar refractivity (Wildman–Crippen MR) is 72.2 cm³/mol. The van der Waals surface area contributed by atoms with Crippen LogP contribution in [-0.4, -0.2) is 31.6 Å². The van der Waals surface area contributed by atoms with Crippen molar-refractivity contribution < 1.29 is 5.11 Å². The molecule has 0 fully saturated rings. The molecule has 0 spiro atoms. The average Bonchev–Trinajstić information content (AvgIpc) is 2.95. The Kier molecular flexibility index (Phi) is 2.89. The van der Waals surface area contributed by atoms with Gasteiger partial charge in [0, 0.05) is 12.0 Å². The topological polar surface area (TPSA) is 77.6 Å². The third kappa shape index (κ3) is 1.93. The molecule has 0 amide bonds. The van der Waals surface area contributed by atoms with Gasteiger partial charge in [-0.05, 0) is 28.1 Å². The van der Waals surface area contributed by atoms with Crippen molar-refractivity contribution in [2.75, 3.05) is 6.61 Å². The fourth-order valence-electron chi connectivity index (χ4n) is 1.90. The van der Waals surface area contributed by atoms with E-state index in [4.69, 9.17) is 5.11 Å². The minimum absolute atomic E-state index is 0.0823. The molecule has 18 heavy (non-hydrogen) atoms. The normalized spacial score (nSPS) is 11.2. The minimum atomic E-state index is 0.0823. The third-order valence-electron chi connectivity index (χ3n) is 2.75. The Bertz CT molecular complexity index is 688. The van der Waals surface area contributed by atoms with Crippen LogP contribution in [0, 0.1) is 0 Å². The lowest BCUT2D eigenvalue weighted by atomic mass is 10.1. The number of imidazole rings is 2. The van der Waals surface area contributed by atoms with Crippen LogP contribution in [0.2, 0.25) is 0 Å². The molecule has 0 radical (unpaired) electrons. The fourth-order valence-corrected chi connectivity index (χ4v) is 2.44. The van der Waals surface area contributed by atoms with Gasteiger partial charge in [0.15, 0.2) is 0 Å². The molecule has 2 heterocycles. The van der Waals surface area contributed by atoms with Crippen LogP contribution in [0.25, 0.3) is 22.3 Å². The smallest absolute Gasteiger partial charge is 0.110 e. The number of hydrogen-bond donors (Lipinski definition) is 3. The number of nitrogens with zero attached hydrogens (tertiary/aromatic N) is 2. The molecule has 2 aromatic heterocycles. The highest BCUT2D eigenvalue weighted by Gasteiger charge is 2.10. The summed E-state index contributed by atoms with van der Waals surface area (Å²) in [6, 6.07) is 5.94. The summed E-state index contributed by atoms with van der Waals surface area (Å²) in [6.07, 6.45) is 2.19. The Morgan fingerprint density at radius 1 is 1.33 bits per heavy atom. The Hall–Kier alpha value is -1.66. The first kappa shape index (κ1) is 11.4. The van der Waals surface area contributed by atoms with Gasteiger partial charge in [-0.25, -0.2) is 9.97 Å². The summed E-state index contributed by atoms with van der Waals surface area (Å²) in [6.45, 7) is 0.0823. The SMILES string of the molecule is OCCc1nc(-c2ccc3nc[nH]c3c2)c(Br)[nH]1. The minimum Gasteiger partial charge on any atom is -0.396 e. The van der Waals surface area contributed by atoms with Crippen molar-refractivity contribution in [2.45, 2.75) is 6.42 Å². The summed E-state index contributed by atoms with van der Waals surface area (Å²) in [5.41, 5.74) is 3.75. The number of rotatable bonds is 3. The second-order valence-electron chi connectivity index (χ2n) is 3.95. The van der Waals surface area contributed by atoms with E-state index in [1.165, 1.54) is 0 Å². The van der Waals surface area contributed by atoms with E-state index in [0.29, 0.717) is 6.42 Å². The largest absolute Gasteiger partial charge is 0.396 e. The number of H-pyrrole nitrogens is 2. The van der Waals surface area contributed by atoms with Crippen LogP contribution in [0.1, 0.15) is 5.82 Å². The van der Waals surface area contributed by atoms with Crippen LogP contribution in [0.15, 0.2) is 29.1 Å². The molecule has 0 unspecified atom stereocenters. The second-order valence-corrected chi connectivity index (χ2v) is 4.75. The van der Waals surface area contributed by atoms with Gasteiger partial charge in [0.2, 0.25) is 0 Å². The van der Waals surface area contributed by atoms with Crippen LogP contribution in [-0.2, 0) is 6.42 Å². The number of nitrogens with one attached hydrogen (secondary N) is 2. The Balaban J connectivity index is 2.07. The number of halogens is 1. The number of aromatic amines is 2. The molecule has 3 rings (SSSR count). The number of aliphatic hydroxyl groups is 1. The molecule has 92 valence electrons. The lowest BCUT2D eigenvalue weighted by Gasteiger charge is -1.97. The van der Waals surface area contributed by atoms with Gasteiger partial charge in [-0.1, -0.05) is 6.07 Å². The molecule has 0 aliphatic carbocycles. The molecule has 3 N–H and O–H groups in total. The molecule has 0 atom stereocenters. The van der Waals surface area contributed by atoms with Crippen LogP contribution < -0.4 is 0 Å². The van der Waals surface area contributed by atoms with E-state index in [0.717, 1.165) is 32.7 Å². The van der Waals surface area contributed by atoms with E-state index in [9.17, 15) is 0 Å². The van der Waals surface area contributed by atoms with Gasteiger partial charge < -0.3 is 15.1 Å². The van der Waals surface area contributed by atoms with Gasteiger partial charge in [-0.15, -0.1) is 0 Å². The standard InChI is InChI=1S/C12H11BrN4O/c13-12-11(16-10(17-12)3-4-18)7-1-2-8-9(5-7)15-6-14-8/h1-2,5-6,18H,3-4H2,(H,14,15)(H,16,17). The van der Waals surface area contributed by atoms with Gasteiger partial charge in [0.25, 0.3) is 0 Å². The summed E-state index contributed by atoms with van der Waals surface area (Å²) in [4.78, 5) is 14.8. The summed E-state index contributed by atoms with van der Waals surface area (Å²) in [5, 5.41) is 8.92. The first-order valence-electron chi connectivity index (χ1n) is 5.56. The molecule has 0 saturated heterocycles. The van der Waals surface area contributed by atoms with E-state index in [1.807, 2.05) is 18.2 Å². The van der Waals surface area contributed by atoms with Crippen molar-refractivity contribution in [2.24, 2.45) is 0 Å². The average molecular weight is 307 g/mol. The lowest BCUT2D eigenvalue weighted by molar-refractivity contribution is 0.297. The van der Waals surface area contributed by atoms with Gasteiger partial charge in [0.05, 0.1) is 24.0 Å². The highest BCUT2D eigenvalue weighted by Crippen LogP contribution is 2.27. The summed E-state index contributed by atoms with van der Waals surface area (Å²) < 4.78 is 0.824. The van der Waals surface area contributed by atoms with E-state index in [2.05, 4.69) is 35.9 Å². The Morgan fingerprint density at radius 3 is 3.06 bits per heavy atom. The molecule has 3 aromatic rings. The molecule has 6 heteroatoms. The number of hydrogen-bond acceptors (Lipinski definition) is 3. The quantitative estimate of drug-likeness (QED) is 0.694. The molecule has 0 aliphatic heterocycles. The van der Waals surface area contributed by atoms with Crippen LogP contribution >= 0.6 is 15.9 Å². The second kappa shape index (κ2) is 4.55. The lowest BCUT2D eigenvalue weighted by Crippen LogP contribution is -1.92. The monoisotopic (exact) mass is 306 g/mol. The molecular weight excluding hydrogens is 296 g/mol. The van der Waals surface area contributed by atoms with Crippen molar-refractivity contribution in [3.05, 3.63) is 35.0 Å². The number of fused-ring (bicyclic) bond motifs is 1. The van der Waals surface area contributed by atoms with Crippen molar-refractivity contribution in [3.63, 3.8) is 0 Å². The third-order valence-corrected chi connectivity index (χ3v) is 3.32. The highest BCUT2D eigenvalue weighted by molar-refractivity contribution is 9.10. The highest BCUT2D eigenvalue weighted by atomic mass is 79.9. The molecule has 1 aromatic carbocycles. The number of benzene rings is 1.